The van der Waals surface area contributed by atoms with Gasteiger partial charge in [-0.2, -0.15) is 0 Å². The van der Waals surface area contributed by atoms with Gasteiger partial charge in [0.1, 0.15) is 0 Å². The average molecular weight is 272 g/mol. The van der Waals surface area contributed by atoms with E-state index in [0.29, 0.717) is 12.0 Å². The fourth-order valence-electron chi connectivity index (χ4n) is 1.56. The van der Waals surface area contributed by atoms with Crippen LogP contribution in [0.15, 0.2) is 29.2 Å². The number of hydrogen-bond acceptors (Lipinski definition) is 2. The van der Waals surface area contributed by atoms with E-state index in [1.54, 1.807) is 0 Å². The molecule has 0 heterocycles. The predicted molar refractivity (Wildman–Crippen MR) is 79.1 cm³/mol. The molecule has 1 nitrogen and oxygen atoms in total. The first-order valence-electron chi connectivity index (χ1n) is 6.25. The van der Waals surface area contributed by atoms with Crippen molar-refractivity contribution in [1.29, 1.82) is 0 Å². The van der Waals surface area contributed by atoms with Crippen LogP contribution in [0.25, 0.3) is 0 Å². The van der Waals surface area contributed by atoms with Crippen molar-refractivity contribution in [3.05, 3.63) is 29.3 Å². The second kappa shape index (κ2) is 8.02. The van der Waals surface area contributed by atoms with Gasteiger partial charge in [-0.05, 0) is 31.0 Å². The Kier molecular flexibility index (Phi) is 7.02. The Morgan fingerprint density at radius 2 is 2.00 bits per heavy atom. The van der Waals surface area contributed by atoms with Crippen LogP contribution in [0.4, 0.5) is 0 Å². The van der Waals surface area contributed by atoms with E-state index in [9.17, 15) is 0 Å². The maximum absolute atomic E-state index is 6.15. The third-order valence-electron chi connectivity index (χ3n) is 2.72. The lowest BCUT2D eigenvalue weighted by Crippen LogP contribution is -2.36. The summed E-state index contributed by atoms with van der Waals surface area (Å²) in [5.74, 6) is 1.72. The Balaban J connectivity index is 2.49. The molecule has 0 fully saturated rings. The van der Waals surface area contributed by atoms with E-state index in [2.05, 4.69) is 32.2 Å². The fourth-order valence-corrected chi connectivity index (χ4v) is 3.10. The summed E-state index contributed by atoms with van der Waals surface area (Å²) < 4.78 is 0. The topological polar surface area (TPSA) is 12.0 Å². The molecule has 96 valence electrons. The van der Waals surface area contributed by atoms with Crippen molar-refractivity contribution < 1.29 is 0 Å². The van der Waals surface area contributed by atoms with Gasteiger partial charge in [0, 0.05) is 16.7 Å². The van der Waals surface area contributed by atoms with Crippen molar-refractivity contribution in [2.24, 2.45) is 5.92 Å². The molecule has 0 saturated carbocycles. The van der Waals surface area contributed by atoms with Crippen LogP contribution >= 0.6 is 23.4 Å². The Morgan fingerprint density at radius 1 is 1.29 bits per heavy atom. The van der Waals surface area contributed by atoms with Crippen LogP contribution in [0.1, 0.15) is 27.2 Å². The van der Waals surface area contributed by atoms with Crippen LogP contribution in [0.3, 0.4) is 0 Å². The smallest absolute Gasteiger partial charge is 0.0541 e. The largest absolute Gasteiger partial charge is 0.313 e. The normalized spacial score (nSPS) is 13.0. The minimum Gasteiger partial charge on any atom is -0.313 e. The van der Waals surface area contributed by atoms with E-state index in [4.69, 9.17) is 11.6 Å². The van der Waals surface area contributed by atoms with Gasteiger partial charge in [-0.25, -0.2) is 0 Å². The average Bonchev–Trinajstić information content (AvgIpc) is 2.31. The minimum absolute atomic E-state index is 0.552. The molecule has 0 saturated heterocycles. The SMILES string of the molecule is CCCNC(CSc1ccccc1Cl)C(C)C. The van der Waals surface area contributed by atoms with Crippen LogP contribution in [0.5, 0.6) is 0 Å². The van der Waals surface area contributed by atoms with Crippen molar-refractivity contribution in [1.82, 2.24) is 5.32 Å². The minimum atomic E-state index is 0.552. The number of benzene rings is 1. The highest BCUT2D eigenvalue weighted by Gasteiger charge is 2.13. The van der Waals surface area contributed by atoms with Gasteiger partial charge in [-0.3, -0.25) is 0 Å². The summed E-state index contributed by atoms with van der Waals surface area (Å²) in [6, 6.07) is 8.61. The first-order chi connectivity index (χ1) is 8.15. The molecule has 0 aliphatic heterocycles. The lowest BCUT2D eigenvalue weighted by atomic mass is 10.1. The van der Waals surface area contributed by atoms with E-state index >= 15 is 0 Å². The Labute approximate surface area is 114 Å². The molecule has 1 N–H and O–H groups in total. The van der Waals surface area contributed by atoms with Gasteiger partial charge >= 0.3 is 0 Å². The standard InChI is InChI=1S/C14H22ClNS/c1-4-9-16-13(11(2)3)10-17-14-8-6-5-7-12(14)15/h5-8,11,13,16H,4,9-10H2,1-3H3. The van der Waals surface area contributed by atoms with Crippen molar-refractivity contribution >= 4 is 23.4 Å². The van der Waals surface area contributed by atoms with E-state index < -0.39 is 0 Å². The summed E-state index contributed by atoms with van der Waals surface area (Å²) in [4.78, 5) is 1.18. The Hall–Kier alpha value is -0.180. The maximum Gasteiger partial charge on any atom is 0.0541 e. The summed E-state index contributed by atoms with van der Waals surface area (Å²) in [5, 5.41) is 4.45. The quantitative estimate of drug-likeness (QED) is 0.735. The second-order valence-corrected chi connectivity index (χ2v) is 6.02. The van der Waals surface area contributed by atoms with Gasteiger partial charge in [0.05, 0.1) is 5.02 Å². The zero-order valence-corrected chi connectivity index (χ0v) is 12.4. The molecule has 0 aliphatic carbocycles. The van der Waals surface area contributed by atoms with Crippen LogP contribution in [-0.2, 0) is 0 Å². The number of nitrogens with one attached hydrogen (secondary N) is 1. The summed E-state index contributed by atoms with van der Waals surface area (Å²) in [5.41, 5.74) is 0. The first-order valence-corrected chi connectivity index (χ1v) is 7.62. The molecular weight excluding hydrogens is 250 g/mol. The first kappa shape index (κ1) is 14.9. The maximum atomic E-state index is 6.15. The van der Waals surface area contributed by atoms with Gasteiger partial charge < -0.3 is 5.32 Å². The molecule has 1 aromatic carbocycles. The lowest BCUT2D eigenvalue weighted by Gasteiger charge is -2.22. The monoisotopic (exact) mass is 271 g/mol. The summed E-state index contributed by atoms with van der Waals surface area (Å²) in [6.45, 7) is 7.82. The van der Waals surface area contributed by atoms with Crippen molar-refractivity contribution in [2.45, 2.75) is 38.1 Å². The summed E-state index contributed by atoms with van der Waals surface area (Å²) in [7, 11) is 0. The van der Waals surface area contributed by atoms with Crippen molar-refractivity contribution in [2.75, 3.05) is 12.3 Å². The fraction of sp³-hybridized carbons (Fsp3) is 0.571. The highest BCUT2D eigenvalue weighted by Crippen LogP contribution is 2.27. The lowest BCUT2D eigenvalue weighted by molar-refractivity contribution is 0.434. The van der Waals surface area contributed by atoms with E-state index in [-0.39, 0.29) is 0 Å². The number of hydrogen-bond donors (Lipinski definition) is 1. The van der Waals surface area contributed by atoms with Crippen LogP contribution in [-0.4, -0.2) is 18.3 Å². The number of rotatable bonds is 7. The zero-order valence-electron chi connectivity index (χ0n) is 10.9. The van der Waals surface area contributed by atoms with Crippen molar-refractivity contribution in [3.63, 3.8) is 0 Å². The highest BCUT2D eigenvalue weighted by atomic mass is 35.5. The molecule has 0 radical (unpaired) electrons. The highest BCUT2D eigenvalue weighted by molar-refractivity contribution is 7.99. The Morgan fingerprint density at radius 3 is 2.59 bits per heavy atom. The molecule has 1 rings (SSSR count). The molecule has 3 heteroatoms. The van der Waals surface area contributed by atoms with Gasteiger partial charge in [0.15, 0.2) is 0 Å². The van der Waals surface area contributed by atoms with E-state index in [1.807, 2.05) is 30.0 Å². The molecule has 1 atom stereocenters. The van der Waals surface area contributed by atoms with E-state index in [1.165, 1.54) is 11.3 Å². The molecule has 0 spiro atoms. The molecule has 0 aliphatic rings. The van der Waals surface area contributed by atoms with Gasteiger partial charge in [0.2, 0.25) is 0 Å². The van der Waals surface area contributed by atoms with Crippen LogP contribution in [0.2, 0.25) is 5.02 Å². The molecule has 1 unspecified atom stereocenters. The Bertz CT molecular complexity index is 328. The molecule has 0 aromatic heterocycles. The molecule has 1 aromatic rings. The molecular formula is C14H22ClNS. The van der Waals surface area contributed by atoms with Crippen LogP contribution in [0, 0.1) is 5.92 Å². The third-order valence-corrected chi connectivity index (χ3v) is 4.35. The third kappa shape index (κ3) is 5.33. The van der Waals surface area contributed by atoms with Crippen LogP contribution < -0.4 is 5.32 Å². The second-order valence-electron chi connectivity index (χ2n) is 4.55. The van der Waals surface area contributed by atoms with Crippen molar-refractivity contribution in [3.8, 4) is 0 Å². The number of thioether (sulfide) groups is 1. The molecule has 0 bridgehead atoms. The van der Waals surface area contributed by atoms with Gasteiger partial charge in [0.25, 0.3) is 0 Å². The van der Waals surface area contributed by atoms with E-state index in [0.717, 1.165) is 17.3 Å². The summed E-state index contributed by atoms with van der Waals surface area (Å²) in [6.07, 6.45) is 1.18. The zero-order chi connectivity index (χ0) is 12.7. The van der Waals surface area contributed by atoms with Gasteiger partial charge in [-0.15, -0.1) is 11.8 Å². The summed E-state index contributed by atoms with van der Waals surface area (Å²) >= 11 is 7.99. The predicted octanol–water partition coefficient (Wildman–Crippen LogP) is 4.46. The molecule has 0 amide bonds. The number of halogens is 1. The van der Waals surface area contributed by atoms with Gasteiger partial charge in [-0.1, -0.05) is 44.5 Å². The molecule has 17 heavy (non-hydrogen) atoms.